The monoisotopic (exact) mass is 224 g/mol. The van der Waals surface area contributed by atoms with Gasteiger partial charge in [-0.1, -0.05) is 19.3 Å². The Bertz CT molecular complexity index is 187. The van der Waals surface area contributed by atoms with E-state index in [1.54, 1.807) is 0 Å². The van der Waals surface area contributed by atoms with Gasteiger partial charge in [0.25, 0.3) is 0 Å². The number of hydrogen-bond acceptors (Lipinski definition) is 2. The number of piperidine rings is 1. The van der Waals surface area contributed by atoms with Gasteiger partial charge in [-0.2, -0.15) is 0 Å². The highest BCUT2D eigenvalue weighted by Gasteiger charge is 2.18. The Morgan fingerprint density at radius 2 is 1.62 bits per heavy atom. The summed E-state index contributed by atoms with van der Waals surface area (Å²) >= 11 is 0. The predicted octanol–water partition coefficient (Wildman–Crippen LogP) is 2.50. The summed E-state index contributed by atoms with van der Waals surface area (Å²) < 4.78 is 0. The first-order chi connectivity index (χ1) is 7.84. The highest BCUT2D eigenvalue weighted by atomic mass is 15.1. The predicted molar refractivity (Wildman–Crippen MR) is 69.7 cm³/mol. The Morgan fingerprint density at radius 3 is 2.38 bits per heavy atom. The van der Waals surface area contributed by atoms with Crippen molar-refractivity contribution in [1.29, 1.82) is 0 Å². The molecule has 0 amide bonds. The van der Waals surface area contributed by atoms with Gasteiger partial charge in [-0.05, 0) is 64.2 Å². The molecule has 2 nitrogen and oxygen atoms in total. The van der Waals surface area contributed by atoms with Crippen LogP contribution >= 0.6 is 0 Å². The molecule has 2 aliphatic rings. The molecule has 0 aromatic rings. The van der Waals surface area contributed by atoms with E-state index in [9.17, 15) is 0 Å². The van der Waals surface area contributed by atoms with Crippen molar-refractivity contribution in [2.45, 2.75) is 44.9 Å². The first kappa shape index (κ1) is 12.4. The third kappa shape index (κ3) is 4.06. The maximum atomic E-state index is 3.72. The van der Waals surface area contributed by atoms with Gasteiger partial charge in [0.15, 0.2) is 0 Å². The van der Waals surface area contributed by atoms with Gasteiger partial charge in [-0.25, -0.2) is 0 Å². The van der Waals surface area contributed by atoms with Crippen LogP contribution in [0.5, 0.6) is 0 Å². The summed E-state index contributed by atoms with van der Waals surface area (Å²) in [6.07, 6.45) is 10.2. The largest absolute Gasteiger partial charge is 0.316 e. The summed E-state index contributed by atoms with van der Waals surface area (Å²) in [6.45, 7) is 5.14. The minimum Gasteiger partial charge on any atom is -0.316 e. The summed E-state index contributed by atoms with van der Waals surface area (Å²) in [5.41, 5.74) is 0. The normalized spacial score (nSPS) is 29.4. The maximum Gasteiger partial charge on any atom is 0.00187 e. The Hall–Kier alpha value is -0.0800. The first-order valence-corrected chi connectivity index (χ1v) is 7.24. The van der Waals surface area contributed by atoms with Crippen LogP contribution in [-0.4, -0.2) is 38.1 Å². The zero-order valence-electron chi connectivity index (χ0n) is 10.9. The number of likely N-dealkylation sites (tertiary alicyclic amines) is 1. The van der Waals surface area contributed by atoms with E-state index in [2.05, 4.69) is 17.3 Å². The fourth-order valence-electron chi connectivity index (χ4n) is 3.32. The summed E-state index contributed by atoms with van der Waals surface area (Å²) in [6, 6.07) is 0. The van der Waals surface area contributed by atoms with E-state index in [4.69, 9.17) is 0 Å². The average molecular weight is 224 g/mol. The van der Waals surface area contributed by atoms with Crippen molar-refractivity contribution in [2.75, 3.05) is 33.2 Å². The molecule has 1 unspecified atom stereocenters. The lowest BCUT2D eigenvalue weighted by atomic mass is 9.89. The van der Waals surface area contributed by atoms with Crippen LogP contribution in [-0.2, 0) is 0 Å². The molecule has 1 heterocycles. The quantitative estimate of drug-likeness (QED) is 0.789. The molecular formula is C14H28N2. The third-order valence-corrected chi connectivity index (χ3v) is 4.31. The highest BCUT2D eigenvalue weighted by Crippen LogP contribution is 2.23. The Balaban J connectivity index is 1.56. The molecule has 0 aromatic carbocycles. The van der Waals surface area contributed by atoms with Gasteiger partial charge >= 0.3 is 0 Å². The number of nitrogens with zero attached hydrogens (tertiary/aromatic N) is 1. The molecule has 0 bridgehead atoms. The lowest BCUT2D eigenvalue weighted by Gasteiger charge is -2.30. The van der Waals surface area contributed by atoms with Crippen molar-refractivity contribution in [3.63, 3.8) is 0 Å². The Kier molecular flexibility index (Phi) is 5.11. The average Bonchev–Trinajstić information content (AvgIpc) is 2.30. The molecule has 94 valence electrons. The van der Waals surface area contributed by atoms with Crippen molar-refractivity contribution in [2.24, 2.45) is 11.8 Å². The van der Waals surface area contributed by atoms with Crippen LogP contribution < -0.4 is 5.32 Å². The minimum absolute atomic E-state index is 0.905. The fraction of sp³-hybridized carbons (Fsp3) is 1.00. The maximum absolute atomic E-state index is 3.72. The Morgan fingerprint density at radius 1 is 0.938 bits per heavy atom. The summed E-state index contributed by atoms with van der Waals surface area (Å²) in [5.74, 6) is 1.89. The van der Waals surface area contributed by atoms with E-state index in [-0.39, 0.29) is 0 Å². The van der Waals surface area contributed by atoms with Crippen LogP contribution in [0.25, 0.3) is 0 Å². The Labute approximate surface area is 101 Å². The van der Waals surface area contributed by atoms with Gasteiger partial charge in [0.05, 0.1) is 0 Å². The van der Waals surface area contributed by atoms with E-state index in [1.807, 2.05) is 0 Å². The molecule has 2 rings (SSSR count). The molecule has 0 spiro atoms. The highest BCUT2D eigenvalue weighted by molar-refractivity contribution is 4.74. The number of rotatable bonds is 4. The number of nitrogens with one attached hydrogen (secondary N) is 1. The molecule has 1 aliphatic heterocycles. The summed E-state index contributed by atoms with van der Waals surface area (Å²) in [7, 11) is 2.26. The molecule has 0 radical (unpaired) electrons. The molecule has 1 saturated carbocycles. The van der Waals surface area contributed by atoms with Gasteiger partial charge in [0.2, 0.25) is 0 Å². The molecule has 2 heteroatoms. The topological polar surface area (TPSA) is 15.3 Å². The van der Waals surface area contributed by atoms with Crippen LogP contribution in [0.4, 0.5) is 0 Å². The van der Waals surface area contributed by atoms with Crippen molar-refractivity contribution < 1.29 is 0 Å². The van der Waals surface area contributed by atoms with Gasteiger partial charge in [0.1, 0.15) is 0 Å². The van der Waals surface area contributed by atoms with Crippen molar-refractivity contribution in [3.05, 3.63) is 0 Å². The summed E-state index contributed by atoms with van der Waals surface area (Å²) in [5, 5.41) is 3.72. The third-order valence-electron chi connectivity index (χ3n) is 4.31. The smallest absolute Gasteiger partial charge is 0.00187 e. The van der Waals surface area contributed by atoms with Gasteiger partial charge < -0.3 is 10.2 Å². The zero-order chi connectivity index (χ0) is 11.2. The first-order valence-electron chi connectivity index (χ1n) is 7.24. The van der Waals surface area contributed by atoms with E-state index < -0.39 is 0 Å². The molecule has 1 aliphatic carbocycles. The molecular weight excluding hydrogens is 196 g/mol. The van der Waals surface area contributed by atoms with Crippen molar-refractivity contribution in [3.8, 4) is 0 Å². The van der Waals surface area contributed by atoms with Crippen molar-refractivity contribution >= 4 is 0 Å². The standard InChI is InChI=1S/C14H28N2/c1-16-9-5-8-14(12-16)11-15-10-13-6-3-2-4-7-13/h13-15H,2-12H2,1H3. The second kappa shape index (κ2) is 6.61. The minimum atomic E-state index is 0.905. The zero-order valence-corrected chi connectivity index (χ0v) is 10.9. The summed E-state index contributed by atoms with van der Waals surface area (Å²) in [4.78, 5) is 2.48. The van der Waals surface area contributed by atoms with E-state index in [0.717, 1.165) is 11.8 Å². The van der Waals surface area contributed by atoms with Gasteiger partial charge in [-0.15, -0.1) is 0 Å². The second-order valence-corrected chi connectivity index (χ2v) is 5.93. The lowest BCUT2D eigenvalue weighted by Crippen LogP contribution is -2.38. The van der Waals surface area contributed by atoms with Gasteiger partial charge in [-0.3, -0.25) is 0 Å². The van der Waals surface area contributed by atoms with E-state index in [0.29, 0.717) is 0 Å². The van der Waals surface area contributed by atoms with Crippen LogP contribution in [0.3, 0.4) is 0 Å². The fourth-order valence-corrected chi connectivity index (χ4v) is 3.32. The van der Waals surface area contributed by atoms with Crippen LogP contribution in [0.2, 0.25) is 0 Å². The van der Waals surface area contributed by atoms with Crippen molar-refractivity contribution in [1.82, 2.24) is 10.2 Å². The lowest BCUT2D eigenvalue weighted by molar-refractivity contribution is 0.203. The SMILES string of the molecule is CN1CCCC(CNCC2CCCCC2)C1. The van der Waals surface area contributed by atoms with Crippen LogP contribution in [0.15, 0.2) is 0 Å². The molecule has 2 fully saturated rings. The molecule has 0 aromatic heterocycles. The second-order valence-electron chi connectivity index (χ2n) is 5.93. The van der Waals surface area contributed by atoms with E-state index >= 15 is 0 Å². The molecule has 1 saturated heterocycles. The van der Waals surface area contributed by atoms with Gasteiger partial charge in [0, 0.05) is 6.54 Å². The van der Waals surface area contributed by atoms with Crippen LogP contribution in [0.1, 0.15) is 44.9 Å². The molecule has 1 N–H and O–H groups in total. The molecule has 16 heavy (non-hydrogen) atoms. The molecule has 1 atom stereocenters. The van der Waals surface area contributed by atoms with Crippen LogP contribution in [0, 0.1) is 11.8 Å². The number of hydrogen-bond donors (Lipinski definition) is 1. The van der Waals surface area contributed by atoms with E-state index in [1.165, 1.54) is 71.1 Å².